The van der Waals surface area contributed by atoms with Crippen molar-refractivity contribution in [3.05, 3.63) is 27.5 Å². The van der Waals surface area contributed by atoms with Gasteiger partial charge in [-0.3, -0.25) is 0 Å². The summed E-state index contributed by atoms with van der Waals surface area (Å²) in [7, 11) is 0. The molecule has 0 amide bonds. The van der Waals surface area contributed by atoms with E-state index in [0.717, 1.165) is 4.60 Å². The fourth-order valence-electron chi connectivity index (χ4n) is 1.43. The van der Waals surface area contributed by atoms with E-state index in [0.29, 0.717) is 0 Å². The lowest BCUT2D eigenvalue weighted by atomic mass is 9.87. The van der Waals surface area contributed by atoms with Crippen LogP contribution in [0, 0.1) is 13.8 Å². The molecule has 0 aliphatic heterocycles. The Kier molecular flexibility index (Phi) is 2.81. The normalized spacial score (nSPS) is 11.8. The average Bonchev–Trinajstić information content (AvgIpc) is 1.94. The third-order valence-corrected chi connectivity index (χ3v) is 2.62. The fourth-order valence-corrected chi connectivity index (χ4v) is 1.95. The molecule has 1 nitrogen and oxygen atoms in total. The summed E-state index contributed by atoms with van der Waals surface area (Å²) in [6, 6.07) is 2.06. The number of aryl methyl sites for hydroxylation is 1. The molecule has 0 bridgehead atoms. The van der Waals surface area contributed by atoms with Crippen LogP contribution >= 0.6 is 15.9 Å². The van der Waals surface area contributed by atoms with Crippen molar-refractivity contribution in [1.82, 2.24) is 4.98 Å². The molecule has 2 heteroatoms. The molecule has 0 atom stereocenters. The van der Waals surface area contributed by atoms with Gasteiger partial charge in [0.2, 0.25) is 0 Å². The Bertz CT molecular complexity index is 324. The van der Waals surface area contributed by atoms with Crippen molar-refractivity contribution in [2.24, 2.45) is 0 Å². The number of pyridine rings is 1. The number of halogens is 1. The summed E-state index contributed by atoms with van der Waals surface area (Å²) < 4.78 is 0.931. The second kappa shape index (κ2) is 3.41. The monoisotopic (exact) mass is 241 g/mol. The van der Waals surface area contributed by atoms with Crippen molar-refractivity contribution in [3.63, 3.8) is 0 Å². The van der Waals surface area contributed by atoms with Crippen molar-refractivity contribution in [3.8, 4) is 0 Å². The van der Waals surface area contributed by atoms with Crippen molar-refractivity contribution < 1.29 is 0 Å². The maximum Gasteiger partial charge on any atom is 0.106 e. The Morgan fingerprint density at radius 3 is 2.23 bits per heavy atom. The number of rotatable bonds is 0. The topological polar surface area (TPSA) is 12.9 Å². The number of hydrogen-bond donors (Lipinski definition) is 0. The minimum Gasteiger partial charge on any atom is -0.245 e. The van der Waals surface area contributed by atoms with Crippen LogP contribution in [0.1, 0.15) is 37.6 Å². The third kappa shape index (κ3) is 2.31. The van der Waals surface area contributed by atoms with Gasteiger partial charge in [-0.1, -0.05) is 20.8 Å². The molecule has 0 radical (unpaired) electrons. The summed E-state index contributed by atoms with van der Waals surface area (Å²) >= 11 is 3.43. The van der Waals surface area contributed by atoms with Gasteiger partial charge >= 0.3 is 0 Å². The lowest BCUT2D eigenvalue weighted by molar-refractivity contribution is 0.562. The molecule has 0 spiro atoms. The van der Waals surface area contributed by atoms with E-state index in [-0.39, 0.29) is 5.41 Å². The zero-order chi connectivity index (χ0) is 10.2. The van der Waals surface area contributed by atoms with Crippen LogP contribution in [0.25, 0.3) is 0 Å². The van der Waals surface area contributed by atoms with E-state index >= 15 is 0 Å². The number of hydrogen-bond acceptors (Lipinski definition) is 1. The van der Waals surface area contributed by atoms with E-state index < -0.39 is 0 Å². The summed E-state index contributed by atoms with van der Waals surface area (Å²) in [6.07, 6.45) is 0. The van der Waals surface area contributed by atoms with E-state index in [1.807, 2.05) is 0 Å². The number of aromatic nitrogens is 1. The van der Waals surface area contributed by atoms with Crippen LogP contribution in [0.2, 0.25) is 0 Å². The summed E-state index contributed by atoms with van der Waals surface area (Å²) in [5.41, 5.74) is 3.90. The maximum absolute atomic E-state index is 4.52. The average molecular weight is 242 g/mol. The van der Waals surface area contributed by atoms with Crippen molar-refractivity contribution >= 4 is 15.9 Å². The molecule has 0 unspecified atom stereocenters. The minimum absolute atomic E-state index is 0.124. The van der Waals surface area contributed by atoms with Crippen LogP contribution in [0.3, 0.4) is 0 Å². The van der Waals surface area contributed by atoms with Gasteiger partial charge < -0.3 is 0 Å². The molecular weight excluding hydrogens is 226 g/mol. The summed E-state index contributed by atoms with van der Waals surface area (Å²) in [5, 5.41) is 0. The fraction of sp³-hybridized carbons (Fsp3) is 0.545. The molecule has 1 aromatic heterocycles. The zero-order valence-electron chi connectivity index (χ0n) is 8.90. The molecule has 0 fully saturated rings. The first-order chi connectivity index (χ1) is 5.82. The molecule has 0 N–H and O–H groups in total. The zero-order valence-corrected chi connectivity index (χ0v) is 10.5. The molecule has 1 heterocycles. The molecule has 13 heavy (non-hydrogen) atoms. The van der Waals surface area contributed by atoms with Crippen molar-refractivity contribution in [2.45, 2.75) is 40.0 Å². The maximum atomic E-state index is 4.52. The van der Waals surface area contributed by atoms with E-state index in [1.54, 1.807) is 0 Å². The van der Waals surface area contributed by atoms with E-state index in [9.17, 15) is 0 Å². The Labute approximate surface area is 88.7 Å². The van der Waals surface area contributed by atoms with Gasteiger partial charge in [-0.2, -0.15) is 0 Å². The van der Waals surface area contributed by atoms with Crippen LogP contribution in [0.15, 0.2) is 10.7 Å². The van der Waals surface area contributed by atoms with Gasteiger partial charge in [0.15, 0.2) is 0 Å². The van der Waals surface area contributed by atoms with Crippen molar-refractivity contribution in [2.75, 3.05) is 0 Å². The summed E-state index contributed by atoms with van der Waals surface area (Å²) in [5.74, 6) is 0. The lowest BCUT2D eigenvalue weighted by Gasteiger charge is -2.21. The van der Waals surface area contributed by atoms with Gasteiger partial charge in [-0.25, -0.2) is 4.98 Å². The van der Waals surface area contributed by atoms with Crippen molar-refractivity contribution in [1.29, 1.82) is 0 Å². The Balaban J connectivity index is 3.37. The molecular formula is C11H16BrN. The first-order valence-electron chi connectivity index (χ1n) is 4.46. The highest BCUT2D eigenvalue weighted by molar-refractivity contribution is 9.10. The molecule has 1 rings (SSSR count). The van der Waals surface area contributed by atoms with Crippen LogP contribution in [0.5, 0.6) is 0 Å². The Morgan fingerprint density at radius 1 is 1.23 bits per heavy atom. The van der Waals surface area contributed by atoms with Gasteiger partial charge in [0.05, 0.1) is 5.69 Å². The molecule has 72 valence electrons. The molecule has 0 saturated heterocycles. The first kappa shape index (κ1) is 10.7. The summed E-state index contributed by atoms with van der Waals surface area (Å²) in [6.45, 7) is 10.8. The Morgan fingerprint density at radius 2 is 1.77 bits per heavy atom. The Hall–Kier alpha value is -0.370. The lowest BCUT2D eigenvalue weighted by Crippen LogP contribution is -2.16. The molecule has 0 aliphatic carbocycles. The largest absolute Gasteiger partial charge is 0.245 e. The molecule has 0 saturated carbocycles. The van der Waals surface area contributed by atoms with E-state index in [1.165, 1.54) is 16.8 Å². The van der Waals surface area contributed by atoms with Gasteiger partial charge in [0, 0.05) is 5.41 Å². The predicted octanol–water partition coefficient (Wildman–Crippen LogP) is 3.76. The SMILES string of the molecule is Cc1cc(Br)nc(C(C)(C)C)c1C. The molecule has 1 aromatic rings. The highest BCUT2D eigenvalue weighted by Crippen LogP contribution is 2.27. The first-order valence-corrected chi connectivity index (χ1v) is 5.26. The standard InChI is InChI=1S/C11H16BrN/c1-7-6-9(12)13-10(8(7)2)11(3,4)5/h6H,1-5H3. The second-order valence-corrected chi connectivity index (χ2v) is 5.30. The van der Waals surface area contributed by atoms with E-state index in [4.69, 9.17) is 0 Å². The van der Waals surface area contributed by atoms with Gasteiger partial charge in [-0.05, 0) is 47.0 Å². The van der Waals surface area contributed by atoms with Crippen LogP contribution in [0.4, 0.5) is 0 Å². The number of nitrogens with zero attached hydrogens (tertiary/aromatic N) is 1. The molecule has 0 aliphatic rings. The highest BCUT2D eigenvalue weighted by atomic mass is 79.9. The van der Waals surface area contributed by atoms with Gasteiger partial charge in [0.25, 0.3) is 0 Å². The smallest absolute Gasteiger partial charge is 0.106 e. The highest BCUT2D eigenvalue weighted by Gasteiger charge is 2.19. The second-order valence-electron chi connectivity index (χ2n) is 4.49. The van der Waals surface area contributed by atoms with Gasteiger partial charge in [0.1, 0.15) is 4.60 Å². The van der Waals surface area contributed by atoms with Crippen LogP contribution in [-0.4, -0.2) is 4.98 Å². The van der Waals surface area contributed by atoms with Crippen LogP contribution < -0.4 is 0 Å². The quantitative estimate of drug-likeness (QED) is 0.631. The predicted molar refractivity (Wildman–Crippen MR) is 60.1 cm³/mol. The molecule has 0 aromatic carbocycles. The van der Waals surface area contributed by atoms with E-state index in [2.05, 4.69) is 61.6 Å². The van der Waals surface area contributed by atoms with Crippen LogP contribution in [-0.2, 0) is 5.41 Å². The summed E-state index contributed by atoms with van der Waals surface area (Å²) in [4.78, 5) is 4.52. The minimum atomic E-state index is 0.124. The van der Waals surface area contributed by atoms with Gasteiger partial charge in [-0.15, -0.1) is 0 Å². The third-order valence-electron chi connectivity index (χ3n) is 2.21.